The minimum Gasteiger partial charge on any atom is -0.389 e. The van der Waals surface area contributed by atoms with Crippen molar-refractivity contribution in [2.24, 2.45) is 0 Å². The van der Waals surface area contributed by atoms with Crippen LogP contribution in [0, 0.1) is 0 Å². The number of aliphatic hydroxyl groups excluding tert-OH is 1. The number of alkyl halides is 2. The smallest absolute Gasteiger partial charge is 0.268 e. The fourth-order valence-corrected chi connectivity index (χ4v) is 4.17. The number of halogens is 2. The first-order valence-corrected chi connectivity index (χ1v) is 9.88. The third-order valence-electron chi connectivity index (χ3n) is 5.84. The number of hydrogen-bond acceptors (Lipinski definition) is 4. The van der Waals surface area contributed by atoms with Crippen LogP contribution in [0.2, 0.25) is 0 Å². The Morgan fingerprint density at radius 3 is 2.14 bits per heavy atom. The summed E-state index contributed by atoms with van der Waals surface area (Å²) < 4.78 is 26.6. The van der Waals surface area contributed by atoms with E-state index in [0.29, 0.717) is 25.9 Å². The van der Waals surface area contributed by atoms with Crippen LogP contribution in [0.4, 0.5) is 8.78 Å². The van der Waals surface area contributed by atoms with E-state index in [0.717, 1.165) is 18.1 Å². The van der Waals surface area contributed by atoms with Crippen LogP contribution in [0.5, 0.6) is 0 Å². The lowest BCUT2D eigenvalue weighted by Crippen LogP contribution is -2.61. The van der Waals surface area contributed by atoms with Crippen molar-refractivity contribution in [1.29, 1.82) is 0 Å². The molecule has 0 amide bonds. The number of Topliss-reactive ketones (excluding diaryl/α,β-unsaturated/α-hetero) is 1. The summed E-state index contributed by atoms with van der Waals surface area (Å²) in [6.07, 6.45) is -1.69. The van der Waals surface area contributed by atoms with Crippen LogP contribution in [0.1, 0.15) is 31.2 Å². The lowest BCUT2D eigenvalue weighted by Gasteiger charge is -2.42. The van der Waals surface area contributed by atoms with Crippen molar-refractivity contribution in [3.63, 3.8) is 0 Å². The Hall–Kier alpha value is -2.15. The van der Waals surface area contributed by atoms with Crippen LogP contribution in [0.3, 0.4) is 0 Å². The first-order chi connectivity index (χ1) is 13.8. The van der Waals surface area contributed by atoms with Crippen LogP contribution in [0.25, 0.3) is 11.1 Å². The molecule has 1 fully saturated rings. The highest BCUT2D eigenvalue weighted by Crippen LogP contribution is 2.33. The molecule has 0 aromatic heterocycles. The van der Waals surface area contributed by atoms with Gasteiger partial charge in [0.1, 0.15) is 18.2 Å². The average Bonchev–Trinajstić information content (AvgIpc) is 2.75. The van der Waals surface area contributed by atoms with Crippen molar-refractivity contribution in [3.8, 4) is 11.1 Å². The number of nitrogens with zero attached hydrogens (tertiary/aromatic N) is 1. The molecule has 2 N–H and O–H groups in total. The third kappa shape index (κ3) is 4.71. The van der Waals surface area contributed by atoms with E-state index >= 15 is 0 Å². The van der Waals surface area contributed by atoms with Gasteiger partial charge in [-0.1, -0.05) is 54.6 Å². The average molecular weight is 403 g/mol. The van der Waals surface area contributed by atoms with Crippen molar-refractivity contribution in [2.45, 2.75) is 43.8 Å². The summed E-state index contributed by atoms with van der Waals surface area (Å²) in [7, 11) is 0. The summed E-state index contributed by atoms with van der Waals surface area (Å²) in [4.78, 5) is 13.7. The number of hydrogen-bond donors (Lipinski definition) is 2. The molecular weight excluding hydrogens is 376 g/mol. The van der Waals surface area contributed by atoms with E-state index in [1.807, 2.05) is 18.2 Å². The van der Waals surface area contributed by atoms with Gasteiger partial charge in [-0.15, -0.1) is 0 Å². The van der Waals surface area contributed by atoms with Gasteiger partial charge in [-0.2, -0.15) is 0 Å². The number of carbonyl (C=O) groups excluding carboxylic acids is 1. The molecule has 0 radical (unpaired) electrons. The van der Waals surface area contributed by atoms with Gasteiger partial charge < -0.3 is 10.2 Å². The number of likely N-dealkylation sites (tertiary alicyclic amines) is 1. The number of piperidine rings is 1. The Balaban J connectivity index is 1.68. The lowest BCUT2D eigenvalue weighted by atomic mass is 9.85. The van der Waals surface area contributed by atoms with Crippen molar-refractivity contribution >= 4 is 5.78 Å². The highest BCUT2D eigenvalue weighted by atomic mass is 19.3. The molecule has 0 bridgehead atoms. The van der Waals surface area contributed by atoms with E-state index in [9.17, 15) is 23.8 Å². The van der Waals surface area contributed by atoms with Gasteiger partial charge in [-0.3, -0.25) is 9.69 Å². The van der Waals surface area contributed by atoms with E-state index in [1.54, 1.807) is 4.90 Å². The maximum Gasteiger partial charge on any atom is 0.268 e. The zero-order valence-corrected chi connectivity index (χ0v) is 16.5. The van der Waals surface area contributed by atoms with Gasteiger partial charge in [0.15, 0.2) is 5.78 Å². The fourth-order valence-electron chi connectivity index (χ4n) is 4.17. The van der Waals surface area contributed by atoms with Gasteiger partial charge in [0.2, 0.25) is 0 Å². The summed E-state index contributed by atoms with van der Waals surface area (Å²) in [5.74, 6) is -0.515. The number of aliphatic hydroxyl groups is 2. The van der Waals surface area contributed by atoms with E-state index in [4.69, 9.17) is 0 Å². The minimum absolute atomic E-state index is 0.262. The topological polar surface area (TPSA) is 60.8 Å². The van der Waals surface area contributed by atoms with Crippen LogP contribution in [-0.4, -0.2) is 58.7 Å². The second-order valence-electron chi connectivity index (χ2n) is 7.85. The Morgan fingerprint density at radius 1 is 1.07 bits per heavy atom. The quantitative estimate of drug-likeness (QED) is 0.743. The minimum atomic E-state index is -3.08. The number of rotatable bonds is 7. The van der Waals surface area contributed by atoms with Crippen molar-refractivity contribution in [3.05, 3.63) is 60.2 Å². The first-order valence-electron chi connectivity index (χ1n) is 9.88. The number of benzene rings is 2. The molecule has 6 heteroatoms. The third-order valence-corrected chi connectivity index (χ3v) is 5.84. The summed E-state index contributed by atoms with van der Waals surface area (Å²) in [5.41, 5.74) is 0.959. The monoisotopic (exact) mass is 403 g/mol. The van der Waals surface area contributed by atoms with Gasteiger partial charge in [-0.05, 0) is 55.5 Å². The molecule has 1 saturated heterocycles. The Labute approximate surface area is 169 Å². The molecule has 1 aliphatic heterocycles. The van der Waals surface area contributed by atoms with E-state index in [2.05, 4.69) is 36.4 Å². The molecule has 0 aliphatic carbocycles. The van der Waals surface area contributed by atoms with Gasteiger partial charge in [-0.25, -0.2) is 8.78 Å². The molecule has 156 valence electrons. The molecule has 29 heavy (non-hydrogen) atoms. The van der Waals surface area contributed by atoms with Crippen LogP contribution in [0.15, 0.2) is 54.6 Å². The maximum absolute atomic E-state index is 13.3. The SMILES string of the molecule is CC(O)(C(F)F)C(C(=O)CO)N1CCC(c2ccc(-c3ccccc3)cc2)CC1. The molecule has 2 unspecified atom stereocenters. The second-order valence-corrected chi connectivity index (χ2v) is 7.85. The van der Waals surface area contributed by atoms with Crippen LogP contribution >= 0.6 is 0 Å². The highest BCUT2D eigenvalue weighted by Gasteiger charge is 2.48. The van der Waals surface area contributed by atoms with E-state index in [1.165, 1.54) is 5.56 Å². The summed E-state index contributed by atoms with van der Waals surface area (Å²) in [6.45, 7) is 0.910. The molecule has 1 heterocycles. The molecular formula is C23H27F2NO3. The second kappa shape index (κ2) is 9.11. The Kier molecular flexibility index (Phi) is 6.77. The van der Waals surface area contributed by atoms with Gasteiger partial charge in [0.25, 0.3) is 6.43 Å². The molecule has 2 aromatic carbocycles. The largest absolute Gasteiger partial charge is 0.389 e. The highest BCUT2D eigenvalue weighted by molar-refractivity contribution is 5.86. The van der Waals surface area contributed by atoms with Crippen LogP contribution in [-0.2, 0) is 4.79 Å². The molecule has 4 nitrogen and oxygen atoms in total. The molecule has 3 rings (SSSR count). The van der Waals surface area contributed by atoms with E-state index in [-0.39, 0.29) is 5.92 Å². The fraction of sp³-hybridized carbons (Fsp3) is 0.435. The Bertz CT molecular complexity index is 801. The maximum atomic E-state index is 13.3. The standard InChI is InChI=1S/C23H27F2NO3/c1-23(29,22(24)25)21(20(28)15-27)26-13-11-19(12-14-26)18-9-7-17(8-10-18)16-5-3-2-4-6-16/h2-10,19,21-22,27,29H,11-15H2,1H3. The molecule has 1 aliphatic rings. The zero-order chi connectivity index (χ0) is 21.0. The number of carbonyl (C=O) groups is 1. The predicted molar refractivity (Wildman–Crippen MR) is 108 cm³/mol. The summed E-state index contributed by atoms with van der Waals surface area (Å²) >= 11 is 0. The van der Waals surface area contributed by atoms with E-state index < -0.39 is 30.5 Å². The van der Waals surface area contributed by atoms with Gasteiger partial charge >= 0.3 is 0 Å². The number of ketones is 1. The summed E-state index contributed by atoms with van der Waals surface area (Å²) in [5, 5.41) is 19.4. The first kappa shape index (κ1) is 21.6. The van der Waals surface area contributed by atoms with Gasteiger partial charge in [0, 0.05) is 0 Å². The normalized spacial score (nSPS) is 19.1. The van der Waals surface area contributed by atoms with Crippen molar-refractivity contribution in [1.82, 2.24) is 4.90 Å². The zero-order valence-electron chi connectivity index (χ0n) is 16.5. The van der Waals surface area contributed by atoms with Gasteiger partial charge in [0.05, 0.1) is 0 Å². The lowest BCUT2D eigenvalue weighted by molar-refractivity contribution is -0.159. The van der Waals surface area contributed by atoms with Crippen molar-refractivity contribution in [2.75, 3.05) is 19.7 Å². The molecule has 0 spiro atoms. The summed E-state index contributed by atoms with van der Waals surface area (Å²) in [6, 6.07) is 17.0. The van der Waals surface area contributed by atoms with Crippen LogP contribution < -0.4 is 0 Å². The molecule has 2 aromatic rings. The molecule has 0 saturated carbocycles. The molecule has 2 atom stereocenters. The Morgan fingerprint density at radius 2 is 1.62 bits per heavy atom. The predicted octanol–water partition coefficient (Wildman–Crippen LogP) is 3.48. The van der Waals surface area contributed by atoms with Crippen molar-refractivity contribution < 1.29 is 23.8 Å².